The van der Waals surface area contributed by atoms with Gasteiger partial charge in [0.25, 0.3) is 0 Å². The van der Waals surface area contributed by atoms with Gasteiger partial charge in [-0.2, -0.15) is 0 Å². The van der Waals surface area contributed by atoms with Crippen LogP contribution in [0.1, 0.15) is 71.2 Å². The highest BCUT2D eigenvalue weighted by molar-refractivity contribution is 5.89. The molecule has 0 bridgehead atoms. The molecule has 206 valence electrons. The maximum Gasteiger partial charge on any atom is 0.338 e. The van der Waals surface area contributed by atoms with Gasteiger partial charge in [0.2, 0.25) is 0 Å². The Labute approximate surface area is 223 Å². The van der Waals surface area contributed by atoms with Crippen molar-refractivity contribution in [3.8, 4) is 0 Å². The Kier molecular flexibility index (Phi) is 7.10. The quantitative estimate of drug-likeness (QED) is 0.335. The molecule has 1 N–H and O–H groups in total. The summed E-state index contributed by atoms with van der Waals surface area (Å²) in [4.78, 5) is 51.7. The maximum atomic E-state index is 13.6. The molecule has 0 spiro atoms. The number of carbonyl (C=O) groups excluding carboxylic acids is 4. The molecule has 1 aromatic rings. The minimum atomic E-state index is -1.72. The number of fused-ring (bicyclic) bond motifs is 2. The van der Waals surface area contributed by atoms with Crippen molar-refractivity contribution in [3.63, 3.8) is 0 Å². The van der Waals surface area contributed by atoms with Gasteiger partial charge < -0.3 is 19.3 Å². The molecule has 8 heteroatoms. The van der Waals surface area contributed by atoms with E-state index in [0.717, 1.165) is 5.57 Å². The first-order valence-electron chi connectivity index (χ1n) is 13.2. The van der Waals surface area contributed by atoms with Crippen molar-refractivity contribution in [1.82, 2.24) is 0 Å². The Morgan fingerprint density at radius 2 is 1.63 bits per heavy atom. The number of hydrogen-bond donors (Lipinski definition) is 1. The summed E-state index contributed by atoms with van der Waals surface area (Å²) >= 11 is 0. The molecule has 8 nitrogen and oxygen atoms in total. The highest BCUT2D eigenvalue weighted by Crippen LogP contribution is 2.70. The largest absolute Gasteiger partial charge is 0.461 e. The molecule has 0 heterocycles. The predicted octanol–water partition coefficient (Wildman–Crippen LogP) is 4.04. The van der Waals surface area contributed by atoms with Crippen LogP contribution >= 0.6 is 0 Å². The van der Waals surface area contributed by atoms with E-state index >= 15 is 0 Å². The van der Waals surface area contributed by atoms with Crippen LogP contribution in [0.3, 0.4) is 0 Å². The van der Waals surface area contributed by atoms with Crippen molar-refractivity contribution < 1.29 is 38.5 Å². The van der Waals surface area contributed by atoms with E-state index in [2.05, 4.69) is 6.58 Å². The molecular formula is C30H38O8. The van der Waals surface area contributed by atoms with E-state index in [1.165, 1.54) is 13.8 Å². The number of carbonyl (C=O) groups is 4. The van der Waals surface area contributed by atoms with Crippen molar-refractivity contribution in [2.75, 3.05) is 0 Å². The van der Waals surface area contributed by atoms with Gasteiger partial charge >= 0.3 is 17.9 Å². The number of hydrogen-bond acceptors (Lipinski definition) is 8. The molecule has 3 aliphatic carbocycles. The molecule has 1 aromatic carbocycles. The number of esters is 3. The van der Waals surface area contributed by atoms with Crippen molar-refractivity contribution >= 4 is 23.7 Å². The van der Waals surface area contributed by atoms with Gasteiger partial charge in [0, 0.05) is 37.0 Å². The predicted molar refractivity (Wildman–Crippen MR) is 138 cm³/mol. The summed E-state index contributed by atoms with van der Waals surface area (Å²) in [5.41, 5.74) is -2.70. The highest BCUT2D eigenvalue weighted by Gasteiger charge is 2.80. The van der Waals surface area contributed by atoms with Crippen molar-refractivity contribution in [1.29, 1.82) is 0 Å². The SMILES string of the molecule is C=C(C)CC1C(=O)CC2(C)C(OC(C)=O)C3C(OC(=O)c4ccccc4)C(C)CC3(O)C(OC(C)=O)C12C. The topological polar surface area (TPSA) is 116 Å². The third-order valence-corrected chi connectivity index (χ3v) is 9.36. The van der Waals surface area contributed by atoms with Crippen LogP contribution < -0.4 is 0 Å². The summed E-state index contributed by atoms with van der Waals surface area (Å²) in [6.45, 7) is 13.9. The van der Waals surface area contributed by atoms with Crippen molar-refractivity contribution in [2.24, 2.45) is 28.6 Å². The molecule has 0 aromatic heterocycles. The first-order valence-corrected chi connectivity index (χ1v) is 13.2. The zero-order valence-corrected chi connectivity index (χ0v) is 23.0. The standard InChI is InChI=1S/C30H38O8/c1-16(2)13-21-22(33)15-28(6)25(36-18(4)31)23-24(38-26(34)20-11-9-8-10-12-20)17(3)14-30(23,35)27(29(21,28)7)37-19(5)32/h8-12,17,21,23-25,27,35H,1,13-15H2,2-7H3. The third-order valence-electron chi connectivity index (χ3n) is 9.36. The van der Waals surface area contributed by atoms with Crippen LogP contribution in [0.15, 0.2) is 42.5 Å². The minimum absolute atomic E-state index is 0.0530. The Balaban J connectivity index is 1.89. The maximum absolute atomic E-state index is 13.6. The average Bonchev–Trinajstić information content (AvgIpc) is 3.18. The van der Waals surface area contributed by atoms with Crippen LogP contribution in [-0.2, 0) is 28.6 Å². The fourth-order valence-electron chi connectivity index (χ4n) is 7.74. The lowest BCUT2D eigenvalue weighted by Crippen LogP contribution is -2.72. The summed E-state index contributed by atoms with van der Waals surface area (Å²) in [6.07, 6.45) is -2.41. The van der Waals surface area contributed by atoms with Crippen molar-refractivity contribution in [3.05, 3.63) is 48.0 Å². The molecule has 9 unspecified atom stereocenters. The van der Waals surface area contributed by atoms with E-state index < -0.39 is 64.5 Å². The van der Waals surface area contributed by atoms with E-state index in [1.54, 1.807) is 30.3 Å². The highest BCUT2D eigenvalue weighted by atomic mass is 16.6. The lowest BCUT2D eigenvalue weighted by Gasteiger charge is -2.62. The number of ether oxygens (including phenoxy) is 3. The zero-order chi connectivity index (χ0) is 28.2. The molecule has 3 aliphatic rings. The number of Topliss-reactive ketones (excluding diaryl/α,β-unsaturated/α-hetero) is 1. The minimum Gasteiger partial charge on any atom is -0.461 e. The first-order chi connectivity index (χ1) is 17.7. The number of benzene rings is 1. The van der Waals surface area contributed by atoms with E-state index in [4.69, 9.17) is 14.2 Å². The van der Waals surface area contributed by atoms with Crippen LogP contribution in [0, 0.1) is 28.6 Å². The summed E-state index contributed by atoms with van der Waals surface area (Å²) in [6, 6.07) is 8.51. The number of ketones is 1. The van der Waals surface area contributed by atoms with E-state index in [-0.39, 0.29) is 24.5 Å². The van der Waals surface area contributed by atoms with Gasteiger partial charge in [0.1, 0.15) is 29.7 Å². The monoisotopic (exact) mass is 526 g/mol. The molecule has 0 aliphatic heterocycles. The normalized spacial score (nSPS) is 39.6. The molecule has 3 fully saturated rings. The van der Waals surface area contributed by atoms with E-state index in [9.17, 15) is 24.3 Å². The van der Waals surface area contributed by atoms with Crippen LogP contribution in [-0.4, -0.2) is 52.7 Å². The van der Waals surface area contributed by atoms with Crippen LogP contribution in [0.4, 0.5) is 0 Å². The zero-order valence-electron chi connectivity index (χ0n) is 23.0. The molecule has 0 amide bonds. The van der Waals surface area contributed by atoms with Crippen LogP contribution in [0.5, 0.6) is 0 Å². The summed E-state index contributed by atoms with van der Waals surface area (Å²) in [5.74, 6) is -3.69. The lowest BCUT2D eigenvalue weighted by molar-refractivity contribution is -0.283. The Morgan fingerprint density at radius 3 is 2.18 bits per heavy atom. The fraction of sp³-hybridized carbons (Fsp3) is 0.600. The van der Waals surface area contributed by atoms with Gasteiger partial charge in [0.05, 0.1) is 11.5 Å². The number of allylic oxidation sites excluding steroid dienone is 1. The second-order valence-corrected chi connectivity index (χ2v) is 12.0. The van der Waals surface area contributed by atoms with Gasteiger partial charge in [-0.3, -0.25) is 14.4 Å². The number of rotatable bonds is 6. The average molecular weight is 527 g/mol. The van der Waals surface area contributed by atoms with E-state index in [0.29, 0.717) is 12.0 Å². The molecule has 3 saturated carbocycles. The summed E-state index contributed by atoms with van der Waals surface area (Å²) in [5, 5.41) is 12.5. The lowest BCUT2D eigenvalue weighted by atomic mass is 9.47. The Bertz CT molecular complexity index is 1160. The Hall–Kier alpha value is -3.00. The van der Waals surface area contributed by atoms with Crippen LogP contribution in [0.2, 0.25) is 0 Å². The Morgan fingerprint density at radius 1 is 1.03 bits per heavy atom. The van der Waals surface area contributed by atoms with Crippen LogP contribution in [0.25, 0.3) is 0 Å². The second-order valence-electron chi connectivity index (χ2n) is 12.0. The molecule has 0 saturated heterocycles. The smallest absolute Gasteiger partial charge is 0.338 e. The molecule has 0 radical (unpaired) electrons. The van der Waals surface area contributed by atoms with E-state index in [1.807, 2.05) is 27.7 Å². The van der Waals surface area contributed by atoms with Gasteiger partial charge in [-0.25, -0.2) is 4.79 Å². The molecular weight excluding hydrogens is 488 g/mol. The summed E-state index contributed by atoms with van der Waals surface area (Å²) < 4.78 is 17.9. The molecule has 38 heavy (non-hydrogen) atoms. The first kappa shape index (κ1) is 28.0. The van der Waals surface area contributed by atoms with Gasteiger partial charge in [-0.15, -0.1) is 6.58 Å². The molecule has 9 atom stereocenters. The summed E-state index contributed by atoms with van der Waals surface area (Å²) in [7, 11) is 0. The molecule has 4 rings (SSSR count). The third kappa shape index (κ3) is 4.17. The second kappa shape index (κ2) is 9.63. The van der Waals surface area contributed by atoms with Gasteiger partial charge in [0.15, 0.2) is 0 Å². The van der Waals surface area contributed by atoms with Gasteiger partial charge in [-0.05, 0) is 37.8 Å². The fourth-order valence-corrected chi connectivity index (χ4v) is 7.74. The van der Waals surface area contributed by atoms with Crippen molar-refractivity contribution in [2.45, 2.75) is 84.7 Å². The van der Waals surface area contributed by atoms with Gasteiger partial charge in [-0.1, -0.05) is 44.5 Å². The number of aliphatic hydroxyl groups is 1.